The number of para-hydroxylation sites is 2. The third-order valence-electron chi connectivity index (χ3n) is 3.62. The number of ether oxygens (including phenoxy) is 3. The van der Waals surface area contributed by atoms with Crippen molar-refractivity contribution >= 4 is 0 Å². The van der Waals surface area contributed by atoms with Crippen molar-refractivity contribution in [3.63, 3.8) is 0 Å². The lowest BCUT2D eigenvalue weighted by molar-refractivity contribution is 0.0866. The average molecular weight is 279 g/mol. The van der Waals surface area contributed by atoms with Crippen LogP contribution >= 0.6 is 0 Å². The van der Waals surface area contributed by atoms with Crippen molar-refractivity contribution in [2.75, 3.05) is 40.0 Å². The molecule has 4 heteroatoms. The molecule has 0 aliphatic carbocycles. The fourth-order valence-electron chi connectivity index (χ4n) is 2.47. The second kappa shape index (κ2) is 8.82. The van der Waals surface area contributed by atoms with Crippen LogP contribution < -0.4 is 14.8 Å². The molecule has 20 heavy (non-hydrogen) atoms. The molecule has 1 heterocycles. The largest absolute Gasteiger partial charge is 0.493 e. The van der Waals surface area contributed by atoms with Gasteiger partial charge >= 0.3 is 0 Å². The van der Waals surface area contributed by atoms with Crippen molar-refractivity contribution in [3.8, 4) is 11.5 Å². The predicted molar refractivity (Wildman–Crippen MR) is 79.5 cm³/mol. The van der Waals surface area contributed by atoms with Crippen molar-refractivity contribution in [1.82, 2.24) is 5.32 Å². The van der Waals surface area contributed by atoms with E-state index >= 15 is 0 Å². The second-order valence-electron chi connectivity index (χ2n) is 5.11. The van der Waals surface area contributed by atoms with E-state index in [9.17, 15) is 0 Å². The Balaban J connectivity index is 1.55. The van der Waals surface area contributed by atoms with Crippen LogP contribution in [0.25, 0.3) is 0 Å². The van der Waals surface area contributed by atoms with Crippen molar-refractivity contribution < 1.29 is 14.2 Å². The quantitative estimate of drug-likeness (QED) is 0.742. The molecule has 112 valence electrons. The Morgan fingerprint density at radius 2 is 2.00 bits per heavy atom. The summed E-state index contributed by atoms with van der Waals surface area (Å²) in [6.07, 6.45) is 3.76. The Kier molecular flexibility index (Phi) is 6.68. The molecule has 2 rings (SSSR count). The number of methoxy groups -OCH3 is 1. The Morgan fingerprint density at radius 1 is 1.15 bits per heavy atom. The zero-order valence-corrected chi connectivity index (χ0v) is 12.3. The van der Waals surface area contributed by atoms with Gasteiger partial charge in [0, 0.05) is 6.61 Å². The van der Waals surface area contributed by atoms with Gasteiger partial charge in [0.05, 0.1) is 13.7 Å². The molecular weight excluding hydrogens is 254 g/mol. The molecule has 0 bridgehead atoms. The molecule has 0 aromatic heterocycles. The molecule has 0 amide bonds. The van der Waals surface area contributed by atoms with Gasteiger partial charge in [-0.25, -0.2) is 0 Å². The van der Waals surface area contributed by atoms with Crippen molar-refractivity contribution in [1.29, 1.82) is 0 Å². The van der Waals surface area contributed by atoms with E-state index in [1.807, 2.05) is 24.3 Å². The van der Waals surface area contributed by atoms with Gasteiger partial charge in [-0.1, -0.05) is 12.1 Å². The smallest absolute Gasteiger partial charge is 0.161 e. The minimum Gasteiger partial charge on any atom is -0.493 e. The molecule has 0 spiro atoms. The minimum atomic E-state index is 0.559. The lowest BCUT2D eigenvalue weighted by Crippen LogP contribution is -2.30. The number of rotatable bonds is 8. The van der Waals surface area contributed by atoms with Crippen LogP contribution in [0.4, 0.5) is 0 Å². The normalized spacial score (nSPS) is 18.8. The Bertz CT molecular complexity index is 378. The van der Waals surface area contributed by atoms with Crippen LogP contribution in [0.1, 0.15) is 19.3 Å². The average Bonchev–Trinajstić information content (AvgIpc) is 2.52. The molecule has 1 aliphatic rings. The van der Waals surface area contributed by atoms with Crippen LogP contribution in [0.2, 0.25) is 0 Å². The monoisotopic (exact) mass is 279 g/mol. The first-order valence-electron chi connectivity index (χ1n) is 7.44. The van der Waals surface area contributed by atoms with Crippen LogP contribution in [0.15, 0.2) is 24.3 Å². The number of hydrogen-bond donors (Lipinski definition) is 1. The van der Waals surface area contributed by atoms with Gasteiger partial charge in [-0.3, -0.25) is 0 Å². The van der Waals surface area contributed by atoms with Gasteiger partial charge in [-0.15, -0.1) is 0 Å². The van der Waals surface area contributed by atoms with Crippen molar-refractivity contribution in [2.45, 2.75) is 19.3 Å². The summed E-state index contributed by atoms with van der Waals surface area (Å²) >= 11 is 0. The summed E-state index contributed by atoms with van der Waals surface area (Å²) in [4.78, 5) is 0. The molecule has 1 fully saturated rings. The van der Waals surface area contributed by atoms with E-state index in [1.54, 1.807) is 7.11 Å². The van der Waals surface area contributed by atoms with Gasteiger partial charge in [0.2, 0.25) is 0 Å². The third-order valence-corrected chi connectivity index (χ3v) is 3.62. The lowest BCUT2D eigenvalue weighted by Gasteiger charge is -2.22. The van der Waals surface area contributed by atoms with Gasteiger partial charge in [-0.05, 0) is 50.4 Å². The number of hydrogen-bond acceptors (Lipinski definition) is 4. The van der Waals surface area contributed by atoms with Crippen molar-refractivity contribution in [2.24, 2.45) is 5.92 Å². The van der Waals surface area contributed by atoms with Gasteiger partial charge in [0.15, 0.2) is 11.5 Å². The molecule has 1 aromatic carbocycles. The third kappa shape index (κ3) is 5.02. The van der Waals surface area contributed by atoms with E-state index < -0.39 is 0 Å². The summed E-state index contributed by atoms with van der Waals surface area (Å²) in [7, 11) is 1.65. The van der Waals surface area contributed by atoms with E-state index in [0.29, 0.717) is 13.2 Å². The lowest BCUT2D eigenvalue weighted by atomic mass is 9.97. The van der Waals surface area contributed by atoms with E-state index in [1.165, 1.54) is 19.4 Å². The summed E-state index contributed by atoms with van der Waals surface area (Å²) in [6.45, 7) is 4.31. The molecule has 0 saturated carbocycles. The van der Waals surface area contributed by atoms with E-state index in [4.69, 9.17) is 14.2 Å². The first kappa shape index (κ1) is 15.1. The SMILES string of the molecule is COc1ccccc1OCCOCCC1CCCNC1. The Morgan fingerprint density at radius 3 is 2.75 bits per heavy atom. The second-order valence-corrected chi connectivity index (χ2v) is 5.11. The van der Waals surface area contributed by atoms with Crippen LogP contribution in [-0.4, -0.2) is 40.0 Å². The maximum Gasteiger partial charge on any atom is 0.161 e. The molecule has 1 aliphatic heterocycles. The van der Waals surface area contributed by atoms with Crippen molar-refractivity contribution in [3.05, 3.63) is 24.3 Å². The van der Waals surface area contributed by atoms with Crippen LogP contribution in [0.3, 0.4) is 0 Å². The van der Waals surface area contributed by atoms with Crippen LogP contribution in [0, 0.1) is 5.92 Å². The summed E-state index contributed by atoms with van der Waals surface area (Å²) in [6, 6.07) is 7.67. The van der Waals surface area contributed by atoms with E-state index in [0.717, 1.165) is 37.0 Å². The van der Waals surface area contributed by atoms with Crippen LogP contribution in [-0.2, 0) is 4.74 Å². The van der Waals surface area contributed by atoms with Gasteiger partial charge < -0.3 is 19.5 Å². The summed E-state index contributed by atoms with van der Waals surface area (Å²) in [5.74, 6) is 2.31. The molecular formula is C16H25NO3. The molecule has 1 unspecified atom stereocenters. The Labute approximate surface area is 121 Å². The zero-order chi connectivity index (χ0) is 14.0. The fraction of sp³-hybridized carbons (Fsp3) is 0.625. The maximum atomic E-state index is 5.66. The molecule has 0 radical (unpaired) electrons. The summed E-state index contributed by atoms with van der Waals surface area (Å²) in [5.41, 5.74) is 0. The zero-order valence-electron chi connectivity index (χ0n) is 12.3. The molecule has 1 atom stereocenters. The van der Waals surface area contributed by atoms with Gasteiger partial charge in [-0.2, -0.15) is 0 Å². The highest BCUT2D eigenvalue weighted by molar-refractivity contribution is 5.39. The molecule has 1 saturated heterocycles. The van der Waals surface area contributed by atoms with Gasteiger partial charge in [0.25, 0.3) is 0 Å². The minimum absolute atomic E-state index is 0.559. The molecule has 1 aromatic rings. The highest BCUT2D eigenvalue weighted by Gasteiger charge is 2.12. The Hall–Kier alpha value is -1.26. The highest BCUT2D eigenvalue weighted by atomic mass is 16.5. The summed E-state index contributed by atoms with van der Waals surface area (Å²) < 4.78 is 16.5. The maximum absolute atomic E-state index is 5.66. The number of piperidine rings is 1. The van der Waals surface area contributed by atoms with E-state index in [2.05, 4.69) is 5.32 Å². The predicted octanol–water partition coefficient (Wildman–Crippen LogP) is 2.48. The van der Waals surface area contributed by atoms with E-state index in [-0.39, 0.29) is 0 Å². The fourth-order valence-corrected chi connectivity index (χ4v) is 2.47. The van der Waals surface area contributed by atoms with Crippen LogP contribution in [0.5, 0.6) is 11.5 Å². The topological polar surface area (TPSA) is 39.7 Å². The number of benzene rings is 1. The first-order chi connectivity index (χ1) is 9.90. The standard InChI is InChI=1S/C16H25NO3/c1-18-15-6-2-3-7-16(15)20-12-11-19-10-8-14-5-4-9-17-13-14/h2-3,6-7,14,17H,4-5,8-13H2,1H3. The van der Waals surface area contributed by atoms with Gasteiger partial charge in [0.1, 0.15) is 6.61 Å². The molecule has 1 N–H and O–H groups in total. The molecule has 4 nitrogen and oxygen atoms in total. The first-order valence-corrected chi connectivity index (χ1v) is 7.44. The number of nitrogens with one attached hydrogen (secondary N) is 1. The summed E-state index contributed by atoms with van der Waals surface area (Å²) in [5, 5.41) is 3.43. The highest BCUT2D eigenvalue weighted by Crippen LogP contribution is 2.25.